The smallest absolute Gasteiger partial charge is 0.0930 e. The second kappa shape index (κ2) is 6.26. The Kier molecular flexibility index (Phi) is 3.98. The molecule has 2 aromatic carbocycles. The third-order valence-corrected chi connectivity index (χ3v) is 4.84. The fraction of sp³-hybridized carbons (Fsp3) is 0.350. The van der Waals surface area contributed by atoms with Crippen molar-refractivity contribution in [2.24, 2.45) is 0 Å². The Balaban J connectivity index is 1.81. The molecule has 3 aromatic rings. The SMILES string of the molecule is O[C@H](CN1CCCCC1)c1c2ccccc2nc2ccccc12. The van der Waals surface area contributed by atoms with E-state index in [1.807, 2.05) is 36.4 Å². The molecule has 2 heterocycles. The number of rotatable bonds is 3. The molecule has 3 nitrogen and oxygen atoms in total. The minimum absolute atomic E-state index is 0.481. The lowest BCUT2D eigenvalue weighted by Crippen LogP contribution is -2.33. The number of aliphatic hydroxyl groups excluding tert-OH is 1. The van der Waals surface area contributed by atoms with Gasteiger partial charge in [0.15, 0.2) is 0 Å². The van der Waals surface area contributed by atoms with E-state index >= 15 is 0 Å². The predicted molar refractivity (Wildman–Crippen MR) is 94.5 cm³/mol. The van der Waals surface area contributed by atoms with Gasteiger partial charge in [0.2, 0.25) is 0 Å². The van der Waals surface area contributed by atoms with Crippen LogP contribution in [0.4, 0.5) is 0 Å². The van der Waals surface area contributed by atoms with Gasteiger partial charge in [-0.15, -0.1) is 0 Å². The van der Waals surface area contributed by atoms with Gasteiger partial charge < -0.3 is 10.0 Å². The summed E-state index contributed by atoms with van der Waals surface area (Å²) < 4.78 is 0. The van der Waals surface area contributed by atoms with Gasteiger partial charge in [-0.1, -0.05) is 42.8 Å². The van der Waals surface area contributed by atoms with E-state index in [9.17, 15) is 5.11 Å². The zero-order valence-electron chi connectivity index (χ0n) is 13.3. The maximum atomic E-state index is 11.0. The zero-order chi connectivity index (χ0) is 15.6. The molecule has 0 radical (unpaired) electrons. The van der Waals surface area contributed by atoms with Gasteiger partial charge >= 0.3 is 0 Å². The zero-order valence-corrected chi connectivity index (χ0v) is 13.3. The summed E-state index contributed by atoms with van der Waals surface area (Å²) in [5, 5.41) is 13.1. The second-order valence-electron chi connectivity index (χ2n) is 6.44. The molecule has 1 saturated heterocycles. The summed E-state index contributed by atoms with van der Waals surface area (Å²) in [5.74, 6) is 0. The van der Waals surface area contributed by atoms with E-state index in [4.69, 9.17) is 4.98 Å². The number of benzene rings is 2. The van der Waals surface area contributed by atoms with E-state index in [-0.39, 0.29) is 0 Å². The molecule has 0 unspecified atom stereocenters. The fourth-order valence-electron chi connectivity index (χ4n) is 3.71. The number of aliphatic hydroxyl groups is 1. The van der Waals surface area contributed by atoms with Gasteiger partial charge in [-0.2, -0.15) is 0 Å². The maximum absolute atomic E-state index is 11.0. The van der Waals surface area contributed by atoms with Crippen molar-refractivity contribution in [3.05, 3.63) is 54.1 Å². The van der Waals surface area contributed by atoms with Crippen LogP contribution in [-0.2, 0) is 0 Å². The van der Waals surface area contributed by atoms with E-state index < -0.39 is 6.10 Å². The van der Waals surface area contributed by atoms with Gasteiger partial charge in [0.1, 0.15) is 0 Å². The minimum Gasteiger partial charge on any atom is -0.387 e. The van der Waals surface area contributed by atoms with Crippen molar-refractivity contribution in [1.82, 2.24) is 9.88 Å². The summed E-state index contributed by atoms with van der Waals surface area (Å²) in [5.41, 5.74) is 2.94. The molecular formula is C20H22N2O. The second-order valence-corrected chi connectivity index (χ2v) is 6.44. The molecule has 0 saturated carbocycles. The van der Waals surface area contributed by atoms with Crippen molar-refractivity contribution < 1.29 is 5.11 Å². The highest BCUT2D eigenvalue weighted by atomic mass is 16.3. The van der Waals surface area contributed by atoms with Crippen molar-refractivity contribution in [2.45, 2.75) is 25.4 Å². The molecule has 4 rings (SSSR count). The van der Waals surface area contributed by atoms with Crippen molar-refractivity contribution in [3.63, 3.8) is 0 Å². The Morgan fingerprint density at radius 1 is 0.870 bits per heavy atom. The third-order valence-electron chi connectivity index (χ3n) is 4.84. The Hall–Kier alpha value is -1.97. The topological polar surface area (TPSA) is 36.4 Å². The van der Waals surface area contributed by atoms with Gasteiger partial charge in [0, 0.05) is 22.9 Å². The molecule has 1 aliphatic heterocycles. The summed E-state index contributed by atoms with van der Waals surface area (Å²) in [4.78, 5) is 7.13. The van der Waals surface area contributed by atoms with Gasteiger partial charge in [-0.05, 0) is 38.1 Å². The van der Waals surface area contributed by atoms with Gasteiger partial charge in [-0.25, -0.2) is 4.98 Å². The highest BCUT2D eigenvalue weighted by molar-refractivity contribution is 5.97. The number of β-amino-alcohol motifs (C(OH)–C–C–N with tert-alkyl or cyclic N) is 1. The van der Waals surface area contributed by atoms with Crippen LogP contribution in [0.2, 0.25) is 0 Å². The number of para-hydroxylation sites is 2. The largest absolute Gasteiger partial charge is 0.387 e. The lowest BCUT2D eigenvalue weighted by molar-refractivity contribution is 0.103. The lowest BCUT2D eigenvalue weighted by Gasteiger charge is -2.29. The maximum Gasteiger partial charge on any atom is 0.0930 e. The van der Waals surface area contributed by atoms with Gasteiger partial charge in [0.05, 0.1) is 17.1 Å². The van der Waals surface area contributed by atoms with Crippen LogP contribution in [0.5, 0.6) is 0 Å². The molecular weight excluding hydrogens is 284 g/mol. The monoisotopic (exact) mass is 306 g/mol. The highest BCUT2D eigenvalue weighted by Crippen LogP contribution is 2.31. The predicted octanol–water partition coefficient (Wildman–Crippen LogP) is 3.91. The molecule has 0 aliphatic carbocycles. The van der Waals surface area contributed by atoms with Crippen LogP contribution in [0.1, 0.15) is 30.9 Å². The number of likely N-dealkylation sites (tertiary alicyclic amines) is 1. The molecule has 0 bridgehead atoms. The lowest BCUT2D eigenvalue weighted by atomic mass is 9.97. The fourth-order valence-corrected chi connectivity index (χ4v) is 3.71. The Labute approximate surface area is 136 Å². The summed E-state index contributed by atoms with van der Waals surface area (Å²) in [6, 6.07) is 16.3. The van der Waals surface area contributed by atoms with Crippen molar-refractivity contribution in [3.8, 4) is 0 Å². The van der Waals surface area contributed by atoms with E-state index in [2.05, 4.69) is 17.0 Å². The standard InChI is InChI=1S/C20H22N2O/c23-19(14-22-12-6-1-7-13-22)20-15-8-2-4-10-17(15)21-18-11-5-3-9-16(18)20/h2-5,8-11,19,23H,1,6-7,12-14H2/t19-/m1/s1. The van der Waals surface area contributed by atoms with Crippen LogP contribution in [0, 0.1) is 0 Å². The number of nitrogens with zero attached hydrogens (tertiary/aromatic N) is 2. The molecule has 23 heavy (non-hydrogen) atoms. The molecule has 1 aromatic heterocycles. The number of pyridine rings is 1. The van der Waals surface area contributed by atoms with Crippen molar-refractivity contribution >= 4 is 21.8 Å². The Bertz CT molecular complexity index is 770. The first kappa shape index (κ1) is 14.6. The quantitative estimate of drug-likeness (QED) is 0.745. The van der Waals surface area contributed by atoms with Crippen molar-refractivity contribution in [2.75, 3.05) is 19.6 Å². The van der Waals surface area contributed by atoms with Gasteiger partial charge in [0.25, 0.3) is 0 Å². The van der Waals surface area contributed by atoms with E-state index in [1.54, 1.807) is 0 Å². The van der Waals surface area contributed by atoms with E-state index in [0.717, 1.165) is 40.5 Å². The Morgan fingerprint density at radius 3 is 2.04 bits per heavy atom. The molecule has 1 atom stereocenters. The van der Waals surface area contributed by atoms with Crippen LogP contribution < -0.4 is 0 Å². The molecule has 3 heteroatoms. The summed E-state index contributed by atoms with van der Waals surface area (Å²) in [7, 11) is 0. The number of hydrogen-bond acceptors (Lipinski definition) is 3. The van der Waals surface area contributed by atoms with Crippen LogP contribution in [0.25, 0.3) is 21.8 Å². The molecule has 118 valence electrons. The van der Waals surface area contributed by atoms with Crippen LogP contribution in [-0.4, -0.2) is 34.6 Å². The highest BCUT2D eigenvalue weighted by Gasteiger charge is 2.20. The first-order valence-electron chi connectivity index (χ1n) is 8.51. The number of piperidine rings is 1. The molecule has 0 spiro atoms. The molecule has 1 fully saturated rings. The first-order valence-corrected chi connectivity index (χ1v) is 8.51. The molecule has 0 amide bonds. The number of fused-ring (bicyclic) bond motifs is 2. The number of hydrogen-bond donors (Lipinski definition) is 1. The average Bonchev–Trinajstić information content (AvgIpc) is 2.60. The molecule has 1 N–H and O–H groups in total. The van der Waals surface area contributed by atoms with Crippen molar-refractivity contribution in [1.29, 1.82) is 0 Å². The van der Waals surface area contributed by atoms with Crippen LogP contribution in [0.3, 0.4) is 0 Å². The number of aromatic nitrogens is 1. The summed E-state index contributed by atoms with van der Waals surface area (Å²) >= 11 is 0. The average molecular weight is 306 g/mol. The minimum atomic E-state index is -0.481. The summed E-state index contributed by atoms with van der Waals surface area (Å²) in [6.45, 7) is 2.90. The first-order chi connectivity index (χ1) is 11.3. The van der Waals surface area contributed by atoms with Crippen LogP contribution >= 0.6 is 0 Å². The van der Waals surface area contributed by atoms with E-state index in [1.165, 1.54) is 19.3 Å². The third kappa shape index (κ3) is 2.82. The van der Waals surface area contributed by atoms with Crippen LogP contribution in [0.15, 0.2) is 48.5 Å². The Morgan fingerprint density at radius 2 is 1.43 bits per heavy atom. The summed E-state index contributed by atoms with van der Waals surface area (Å²) in [6.07, 6.45) is 3.31. The normalized spacial score (nSPS) is 17.6. The van der Waals surface area contributed by atoms with E-state index in [0.29, 0.717) is 6.54 Å². The van der Waals surface area contributed by atoms with Gasteiger partial charge in [-0.3, -0.25) is 0 Å². The molecule has 1 aliphatic rings.